The number of aromatic nitrogens is 1. The maximum Gasteiger partial charge on any atom is 0.235 e. The first-order chi connectivity index (χ1) is 10.6. The fourth-order valence-electron chi connectivity index (χ4n) is 2.46. The molecule has 3 rings (SSSR count). The topological polar surface area (TPSA) is 31.2 Å². The fourth-order valence-corrected chi connectivity index (χ4v) is 3.12. The van der Waals surface area contributed by atoms with Crippen LogP contribution in [-0.2, 0) is 6.42 Å². The number of benzene rings is 2. The predicted octanol–water partition coefficient (Wildman–Crippen LogP) is 4.95. The minimum absolute atomic E-state index is 0.0521. The van der Waals surface area contributed by atoms with Crippen LogP contribution in [0.1, 0.15) is 10.4 Å². The van der Waals surface area contributed by atoms with Gasteiger partial charge in [-0.15, -0.1) is 0 Å². The number of fused-ring (bicyclic) bond motifs is 1. The molecule has 0 bridgehead atoms. The van der Waals surface area contributed by atoms with Gasteiger partial charge in [0.05, 0.1) is 19.0 Å². The van der Waals surface area contributed by atoms with Gasteiger partial charge in [0, 0.05) is 21.1 Å². The number of carbonyl (C=O) groups is 1. The monoisotopic (exact) mass is 377 g/mol. The Morgan fingerprint density at radius 2 is 2.05 bits per heavy atom. The highest BCUT2D eigenvalue weighted by molar-refractivity contribution is 9.10. The van der Waals surface area contributed by atoms with Crippen molar-refractivity contribution in [2.24, 2.45) is 0 Å². The molecule has 0 atom stereocenters. The summed E-state index contributed by atoms with van der Waals surface area (Å²) in [6.07, 6.45) is 2.00. The van der Waals surface area contributed by atoms with Gasteiger partial charge in [-0.05, 0) is 29.8 Å². The van der Waals surface area contributed by atoms with Crippen molar-refractivity contribution in [1.82, 2.24) is 4.57 Å². The van der Waals surface area contributed by atoms with Crippen LogP contribution in [0.15, 0.2) is 53.1 Å². The molecule has 112 valence electrons. The largest absolute Gasteiger partial charge is 0.494 e. The van der Waals surface area contributed by atoms with Gasteiger partial charge in [0.1, 0.15) is 5.75 Å². The van der Waals surface area contributed by atoms with E-state index < -0.39 is 0 Å². The molecular formula is C17H13BrClNO2. The Morgan fingerprint density at radius 3 is 2.77 bits per heavy atom. The van der Waals surface area contributed by atoms with Crippen LogP contribution < -0.4 is 4.74 Å². The van der Waals surface area contributed by atoms with E-state index in [2.05, 4.69) is 15.9 Å². The Kier molecular flexibility index (Phi) is 4.23. The van der Waals surface area contributed by atoms with Crippen molar-refractivity contribution >= 4 is 44.3 Å². The molecule has 0 unspecified atom stereocenters. The van der Waals surface area contributed by atoms with E-state index in [9.17, 15) is 4.79 Å². The van der Waals surface area contributed by atoms with Crippen LogP contribution in [0.5, 0.6) is 5.75 Å². The van der Waals surface area contributed by atoms with Crippen LogP contribution in [-0.4, -0.2) is 17.6 Å². The van der Waals surface area contributed by atoms with E-state index in [-0.39, 0.29) is 12.3 Å². The van der Waals surface area contributed by atoms with Gasteiger partial charge in [-0.1, -0.05) is 45.7 Å². The summed E-state index contributed by atoms with van der Waals surface area (Å²) in [5.74, 6) is 0.602. The first kappa shape index (κ1) is 15.1. The van der Waals surface area contributed by atoms with Gasteiger partial charge in [0.15, 0.2) is 0 Å². The quantitative estimate of drug-likeness (QED) is 0.646. The molecule has 0 spiro atoms. The van der Waals surface area contributed by atoms with E-state index >= 15 is 0 Å². The zero-order valence-corrected chi connectivity index (χ0v) is 14.2. The Morgan fingerprint density at radius 1 is 1.27 bits per heavy atom. The summed E-state index contributed by atoms with van der Waals surface area (Å²) in [7, 11) is 1.59. The van der Waals surface area contributed by atoms with E-state index in [1.165, 1.54) is 0 Å². The normalized spacial score (nSPS) is 10.9. The molecule has 0 N–H and O–H groups in total. The molecule has 0 aliphatic heterocycles. The molecule has 3 aromatic rings. The third kappa shape index (κ3) is 2.76. The third-order valence-electron chi connectivity index (χ3n) is 3.50. The number of nitrogens with zero attached hydrogens (tertiary/aromatic N) is 1. The van der Waals surface area contributed by atoms with Gasteiger partial charge in [-0.2, -0.15) is 0 Å². The molecular weight excluding hydrogens is 366 g/mol. The van der Waals surface area contributed by atoms with Crippen molar-refractivity contribution in [2.75, 3.05) is 7.11 Å². The number of methoxy groups -OCH3 is 1. The second-order valence-electron chi connectivity index (χ2n) is 4.89. The second kappa shape index (κ2) is 6.15. The van der Waals surface area contributed by atoms with Crippen LogP contribution in [0.2, 0.25) is 5.02 Å². The summed E-state index contributed by atoms with van der Waals surface area (Å²) in [6.45, 7) is 0. The highest BCUT2D eigenvalue weighted by Gasteiger charge is 2.15. The lowest BCUT2D eigenvalue weighted by atomic mass is 10.1. The smallest absolute Gasteiger partial charge is 0.235 e. The first-order valence-corrected chi connectivity index (χ1v) is 7.88. The van der Waals surface area contributed by atoms with Crippen molar-refractivity contribution in [1.29, 1.82) is 0 Å². The Hall–Kier alpha value is -1.78. The van der Waals surface area contributed by atoms with Crippen LogP contribution in [0.4, 0.5) is 0 Å². The van der Waals surface area contributed by atoms with E-state index in [0.29, 0.717) is 10.8 Å². The fraction of sp³-hybridized carbons (Fsp3) is 0.118. The van der Waals surface area contributed by atoms with Crippen molar-refractivity contribution in [3.05, 3.63) is 63.7 Å². The average molecular weight is 379 g/mol. The standard InChI is InChI=1S/C17H13BrClNO2/c1-22-15-10-13(18)8-12-6-7-20(17(12)15)16(21)9-11-4-2-3-5-14(11)19/h2-8,10H,9H2,1H3. The van der Waals surface area contributed by atoms with Gasteiger partial charge in [-0.3, -0.25) is 9.36 Å². The molecule has 5 heteroatoms. The molecule has 0 aliphatic carbocycles. The van der Waals surface area contributed by atoms with Crippen LogP contribution in [0.25, 0.3) is 10.9 Å². The summed E-state index contributed by atoms with van der Waals surface area (Å²) in [5, 5.41) is 1.54. The van der Waals surface area contributed by atoms with Gasteiger partial charge >= 0.3 is 0 Å². The maximum atomic E-state index is 12.6. The molecule has 0 radical (unpaired) electrons. The van der Waals surface area contributed by atoms with E-state index in [0.717, 1.165) is 20.9 Å². The van der Waals surface area contributed by atoms with Crippen molar-refractivity contribution in [3.63, 3.8) is 0 Å². The number of halogens is 2. The number of carbonyl (C=O) groups excluding carboxylic acids is 1. The van der Waals surface area contributed by atoms with Crippen LogP contribution >= 0.6 is 27.5 Å². The van der Waals surface area contributed by atoms with E-state index in [1.807, 2.05) is 36.4 Å². The third-order valence-corrected chi connectivity index (χ3v) is 4.33. The minimum atomic E-state index is -0.0521. The predicted molar refractivity (Wildman–Crippen MR) is 92.0 cm³/mol. The molecule has 3 nitrogen and oxygen atoms in total. The van der Waals surface area contributed by atoms with E-state index in [1.54, 1.807) is 23.9 Å². The Balaban J connectivity index is 2.03. The number of ether oxygens (including phenoxy) is 1. The van der Waals surface area contributed by atoms with Gasteiger partial charge in [-0.25, -0.2) is 0 Å². The van der Waals surface area contributed by atoms with Crippen molar-refractivity contribution < 1.29 is 9.53 Å². The zero-order valence-electron chi connectivity index (χ0n) is 11.8. The summed E-state index contributed by atoms with van der Waals surface area (Å²) >= 11 is 9.58. The molecule has 0 saturated heterocycles. The maximum absolute atomic E-state index is 12.6. The molecule has 0 saturated carbocycles. The van der Waals surface area contributed by atoms with Crippen LogP contribution in [0.3, 0.4) is 0 Å². The van der Waals surface area contributed by atoms with Gasteiger partial charge < -0.3 is 4.74 Å². The summed E-state index contributed by atoms with van der Waals surface area (Å²) in [5.41, 5.74) is 1.58. The minimum Gasteiger partial charge on any atom is -0.494 e. The van der Waals surface area contributed by atoms with Crippen molar-refractivity contribution in [3.8, 4) is 5.75 Å². The van der Waals surface area contributed by atoms with Crippen molar-refractivity contribution in [2.45, 2.75) is 6.42 Å². The molecule has 1 heterocycles. The lowest BCUT2D eigenvalue weighted by Crippen LogP contribution is -2.13. The summed E-state index contributed by atoms with van der Waals surface area (Å²) in [6, 6.07) is 13.1. The Labute approximate surface area is 141 Å². The average Bonchev–Trinajstić information content (AvgIpc) is 2.92. The van der Waals surface area contributed by atoms with Crippen LogP contribution in [0, 0.1) is 0 Å². The Bertz CT molecular complexity index is 857. The summed E-state index contributed by atoms with van der Waals surface area (Å²) < 4.78 is 7.93. The SMILES string of the molecule is COc1cc(Br)cc2ccn(C(=O)Cc3ccccc3Cl)c12. The molecule has 0 aliphatic rings. The first-order valence-electron chi connectivity index (χ1n) is 6.71. The highest BCUT2D eigenvalue weighted by atomic mass is 79.9. The highest BCUT2D eigenvalue weighted by Crippen LogP contribution is 2.31. The molecule has 1 aromatic heterocycles. The zero-order chi connectivity index (χ0) is 15.7. The molecule has 22 heavy (non-hydrogen) atoms. The number of hydrogen-bond acceptors (Lipinski definition) is 2. The summed E-state index contributed by atoms with van der Waals surface area (Å²) in [4.78, 5) is 12.6. The lowest BCUT2D eigenvalue weighted by molar-refractivity contribution is 0.0919. The number of hydrogen-bond donors (Lipinski definition) is 0. The second-order valence-corrected chi connectivity index (χ2v) is 6.22. The molecule has 0 fully saturated rings. The number of rotatable bonds is 3. The van der Waals surface area contributed by atoms with Gasteiger partial charge in [0.25, 0.3) is 0 Å². The lowest BCUT2D eigenvalue weighted by Gasteiger charge is -2.09. The van der Waals surface area contributed by atoms with Gasteiger partial charge in [0.2, 0.25) is 5.91 Å². The van der Waals surface area contributed by atoms with E-state index in [4.69, 9.17) is 16.3 Å². The molecule has 0 amide bonds. The molecule has 2 aromatic carbocycles.